The normalized spacial score (nSPS) is 23.6. The molecule has 1 aromatic rings. The van der Waals surface area contributed by atoms with Crippen molar-refractivity contribution in [1.82, 2.24) is 0 Å². The maximum Gasteiger partial charge on any atom is 0.0473 e. The van der Waals surface area contributed by atoms with E-state index >= 15 is 0 Å². The molecule has 1 aromatic carbocycles. The zero-order valence-electron chi connectivity index (χ0n) is 8.58. The van der Waals surface area contributed by atoms with Crippen LogP contribution in [0.25, 0.3) is 0 Å². The monoisotopic (exact) mass is 202 g/mol. The number of terminal acetylenes is 1. The molecule has 0 saturated carbocycles. The minimum absolute atomic E-state index is 0.269. The molecule has 0 saturated heterocycles. The summed E-state index contributed by atoms with van der Waals surface area (Å²) in [4.78, 5) is 1.35. The Morgan fingerprint density at radius 2 is 2.14 bits per heavy atom. The van der Waals surface area contributed by atoms with Gasteiger partial charge in [-0.25, -0.2) is 0 Å². The van der Waals surface area contributed by atoms with E-state index in [1.54, 1.807) is 0 Å². The van der Waals surface area contributed by atoms with Crippen molar-refractivity contribution in [2.24, 2.45) is 0 Å². The molecule has 0 radical (unpaired) electrons. The summed E-state index contributed by atoms with van der Waals surface area (Å²) in [5.41, 5.74) is 1.33. The van der Waals surface area contributed by atoms with Crippen LogP contribution in [0.3, 0.4) is 0 Å². The molecular weight excluding hydrogens is 188 g/mol. The summed E-state index contributed by atoms with van der Waals surface area (Å²) in [5.74, 6) is 3.20. The van der Waals surface area contributed by atoms with Crippen molar-refractivity contribution in [2.45, 2.75) is 35.8 Å². The lowest BCUT2D eigenvalue weighted by Crippen LogP contribution is -2.23. The quantitative estimate of drug-likeness (QED) is 0.578. The Hall–Kier alpha value is -0.870. The molecule has 0 aliphatic carbocycles. The summed E-state index contributed by atoms with van der Waals surface area (Å²) in [5, 5.41) is 0. The van der Waals surface area contributed by atoms with Crippen LogP contribution < -0.4 is 0 Å². The molecule has 1 aliphatic rings. The molecule has 1 aliphatic heterocycles. The molecule has 1 heterocycles. The van der Waals surface area contributed by atoms with Crippen molar-refractivity contribution in [3.05, 3.63) is 29.8 Å². The highest BCUT2D eigenvalue weighted by Gasteiger charge is 2.31. The van der Waals surface area contributed by atoms with E-state index in [2.05, 4.69) is 44.0 Å². The van der Waals surface area contributed by atoms with E-state index in [9.17, 15) is 0 Å². The Bertz CT molecular complexity index is 384. The molecular formula is C13H14S. The van der Waals surface area contributed by atoms with Gasteiger partial charge in [-0.05, 0) is 18.1 Å². The smallest absolute Gasteiger partial charge is 0.0473 e. The van der Waals surface area contributed by atoms with Crippen LogP contribution in [0, 0.1) is 12.3 Å². The SMILES string of the molecule is C#CC1CC(C)(C)Sc2ccccc21. The van der Waals surface area contributed by atoms with Crippen LogP contribution in [0.5, 0.6) is 0 Å². The lowest BCUT2D eigenvalue weighted by molar-refractivity contribution is 0.586. The van der Waals surface area contributed by atoms with E-state index in [1.807, 2.05) is 11.8 Å². The number of fused-ring (bicyclic) bond motifs is 1. The Balaban J connectivity index is 2.47. The van der Waals surface area contributed by atoms with Crippen LogP contribution in [0.15, 0.2) is 29.2 Å². The molecule has 0 nitrogen and oxygen atoms in total. The second-order valence-corrected chi connectivity index (χ2v) is 6.07. The number of benzene rings is 1. The highest BCUT2D eigenvalue weighted by atomic mass is 32.2. The summed E-state index contributed by atoms with van der Waals surface area (Å²) in [7, 11) is 0. The highest BCUT2D eigenvalue weighted by Crippen LogP contribution is 2.47. The van der Waals surface area contributed by atoms with Crippen LogP contribution in [0.2, 0.25) is 0 Å². The molecule has 2 rings (SSSR count). The first-order valence-electron chi connectivity index (χ1n) is 4.86. The van der Waals surface area contributed by atoms with Gasteiger partial charge in [0.2, 0.25) is 0 Å². The third kappa shape index (κ3) is 1.67. The van der Waals surface area contributed by atoms with E-state index in [1.165, 1.54) is 10.5 Å². The van der Waals surface area contributed by atoms with Gasteiger partial charge in [-0.2, -0.15) is 0 Å². The van der Waals surface area contributed by atoms with Gasteiger partial charge in [-0.1, -0.05) is 38.0 Å². The molecule has 1 unspecified atom stereocenters. The Morgan fingerprint density at radius 3 is 2.86 bits per heavy atom. The first kappa shape index (κ1) is 9.68. The molecule has 0 fully saturated rings. The van der Waals surface area contributed by atoms with Crippen molar-refractivity contribution in [3.63, 3.8) is 0 Å². The fourth-order valence-electron chi connectivity index (χ4n) is 1.95. The molecule has 0 N–H and O–H groups in total. The van der Waals surface area contributed by atoms with E-state index in [-0.39, 0.29) is 4.75 Å². The summed E-state index contributed by atoms with van der Waals surface area (Å²) in [6.45, 7) is 4.52. The van der Waals surface area contributed by atoms with Crippen LogP contribution in [0.4, 0.5) is 0 Å². The maximum atomic E-state index is 5.58. The maximum absolute atomic E-state index is 5.58. The fourth-order valence-corrected chi connectivity index (χ4v) is 3.27. The van der Waals surface area contributed by atoms with E-state index in [0.717, 1.165) is 6.42 Å². The van der Waals surface area contributed by atoms with Gasteiger partial charge < -0.3 is 0 Å². The first-order chi connectivity index (χ1) is 6.62. The zero-order valence-corrected chi connectivity index (χ0v) is 9.40. The van der Waals surface area contributed by atoms with Crippen molar-refractivity contribution in [3.8, 4) is 12.3 Å². The van der Waals surface area contributed by atoms with Crippen molar-refractivity contribution < 1.29 is 0 Å². The van der Waals surface area contributed by atoms with Crippen molar-refractivity contribution in [2.75, 3.05) is 0 Å². The fraction of sp³-hybridized carbons (Fsp3) is 0.385. The van der Waals surface area contributed by atoms with Crippen LogP contribution in [-0.4, -0.2) is 4.75 Å². The molecule has 0 aromatic heterocycles. The molecule has 0 bridgehead atoms. The third-order valence-electron chi connectivity index (χ3n) is 2.58. The lowest BCUT2D eigenvalue weighted by Gasteiger charge is -2.34. The predicted octanol–water partition coefficient (Wildman–Crippen LogP) is 3.68. The Morgan fingerprint density at radius 1 is 1.43 bits per heavy atom. The molecule has 0 amide bonds. The average Bonchev–Trinajstić information content (AvgIpc) is 2.15. The zero-order chi connectivity index (χ0) is 10.2. The second kappa shape index (κ2) is 3.37. The topological polar surface area (TPSA) is 0 Å². The Labute approximate surface area is 90.1 Å². The number of hydrogen-bond donors (Lipinski definition) is 0. The molecule has 14 heavy (non-hydrogen) atoms. The largest absolute Gasteiger partial charge is 0.120 e. The predicted molar refractivity (Wildman–Crippen MR) is 62.6 cm³/mol. The summed E-state index contributed by atoms with van der Waals surface area (Å²) in [6, 6.07) is 8.48. The average molecular weight is 202 g/mol. The van der Waals surface area contributed by atoms with Gasteiger partial charge in [0.25, 0.3) is 0 Å². The minimum Gasteiger partial charge on any atom is -0.120 e. The van der Waals surface area contributed by atoms with Gasteiger partial charge in [0, 0.05) is 15.6 Å². The van der Waals surface area contributed by atoms with Crippen molar-refractivity contribution in [1.29, 1.82) is 0 Å². The highest BCUT2D eigenvalue weighted by molar-refractivity contribution is 8.00. The molecule has 1 heteroatoms. The van der Waals surface area contributed by atoms with Gasteiger partial charge in [0.15, 0.2) is 0 Å². The first-order valence-corrected chi connectivity index (χ1v) is 5.68. The van der Waals surface area contributed by atoms with Gasteiger partial charge in [-0.3, -0.25) is 0 Å². The molecule has 1 atom stereocenters. The van der Waals surface area contributed by atoms with Gasteiger partial charge in [-0.15, -0.1) is 18.2 Å². The standard InChI is InChI=1S/C13H14S/c1-4-10-9-13(2,3)14-12-8-6-5-7-11(10)12/h1,5-8,10H,9H2,2-3H3. The number of rotatable bonds is 0. The number of thioether (sulfide) groups is 1. The Kier molecular flexibility index (Phi) is 2.33. The van der Waals surface area contributed by atoms with E-state index in [4.69, 9.17) is 6.42 Å². The van der Waals surface area contributed by atoms with E-state index < -0.39 is 0 Å². The summed E-state index contributed by atoms with van der Waals surface area (Å²) in [6.07, 6.45) is 6.65. The number of hydrogen-bond acceptors (Lipinski definition) is 1. The van der Waals surface area contributed by atoms with E-state index in [0.29, 0.717) is 5.92 Å². The lowest BCUT2D eigenvalue weighted by atomic mass is 9.90. The van der Waals surface area contributed by atoms with Gasteiger partial charge in [0.05, 0.1) is 0 Å². The summed E-state index contributed by atoms with van der Waals surface area (Å²) < 4.78 is 0.269. The van der Waals surface area contributed by atoms with Gasteiger partial charge in [0.1, 0.15) is 0 Å². The second-order valence-electron chi connectivity index (χ2n) is 4.32. The molecule has 72 valence electrons. The van der Waals surface area contributed by atoms with Crippen LogP contribution in [-0.2, 0) is 0 Å². The van der Waals surface area contributed by atoms with Crippen LogP contribution in [0.1, 0.15) is 31.7 Å². The van der Waals surface area contributed by atoms with Gasteiger partial charge >= 0.3 is 0 Å². The summed E-state index contributed by atoms with van der Waals surface area (Å²) >= 11 is 1.94. The van der Waals surface area contributed by atoms with Crippen LogP contribution >= 0.6 is 11.8 Å². The third-order valence-corrected chi connectivity index (χ3v) is 3.89. The van der Waals surface area contributed by atoms with Crippen molar-refractivity contribution >= 4 is 11.8 Å². The minimum atomic E-state index is 0.269. The molecule has 0 spiro atoms.